The number of carbonyl (C=O) groups excluding carboxylic acids is 1. The topological polar surface area (TPSA) is 84.5 Å². The largest absolute Gasteiger partial charge is 0.465 e. The second-order valence-electron chi connectivity index (χ2n) is 5.05. The molecule has 0 spiro atoms. The molecular formula is C14H20N2O4. The molecule has 0 aromatic heterocycles. The fourth-order valence-electron chi connectivity index (χ4n) is 2.52. The number of esters is 1. The lowest BCUT2D eigenvalue weighted by molar-refractivity contribution is -0.140. The van der Waals surface area contributed by atoms with Gasteiger partial charge in [-0.15, -0.1) is 0 Å². The van der Waals surface area contributed by atoms with Crippen LogP contribution in [0.4, 0.5) is 11.4 Å². The molecule has 1 saturated carbocycles. The van der Waals surface area contributed by atoms with E-state index in [9.17, 15) is 14.4 Å². The fourth-order valence-corrected chi connectivity index (χ4v) is 2.52. The molecule has 0 unspecified atom stereocenters. The molecule has 2 rings (SSSR count). The van der Waals surface area contributed by atoms with Gasteiger partial charge in [0.1, 0.15) is 17.9 Å². The first-order valence-electron chi connectivity index (χ1n) is 7.12. The average molecular weight is 280 g/mol. The monoisotopic (exact) mass is 280 g/mol. The fraction of sp³-hybridized carbons (Fsp3) is 0.643. The summed E-state index contributed by atoms with van der Waals surface area (Å²) in [6, 6.07) is 0.246. The zero-order valence-corrected chi connectivity index (χ0v) is 11.7. The number of rotatable bonds is 6. The third-order valence-corrected chi connectivity index (χ3v) is 3.58. The van der Waals surface area contributed by atoms with E-state index in [0.29, 0.717) is 12.3 Å². The molecule has 1 fully saturated rings. The van der Waals surface area contributed by atoms with Crippen molar-refractivity contribution in [1.29, 1.82) is 0 Å². The van der Waals surface area contributed by atoms with Crippen molar-refractivity contribution in [2.75, 3.05) is 23.8 Å². The van der Waals surface area contributed by atoms with E-state index in [1.54, 1.807) is 6.92 Å². The molecule has 2 N–H and O–H groups in total. The normalized spacial score (nSPS) is 16.1. The van der Waals surface area contributed by atoms with Gasteiger partial charge in [-0.2, -0.15) is 0 Å². The highest BCUT2D eigenvalue weighted by atomic mass is 16.5. The van der Waals surface area contributed by atoms with Gasteiger partial charge in [-0.1, -0.05) is 19.3 Å². The van der Waals surface area contributed by atoms with Gasteiger partial charge in [-0.3, -0.25) is 14.4 Å². The summed E-state index contributed by atoms with van der Waals surface area (Å²) in [4.78, 5) is 34.4. The maximum Gasteiger partial charge on any atom is 0.325 e. The van der Waals surface area contributed by atoms with Crippen molar-refractivity contribution in [3.63, 3.8) is 0 Å². The first kappa shape index (κ1) is 14.6. The van der Waals surface area contributed by atoms with E-state index in [4.69, 9.17) is 4.74 Å². The molecule has 6 nitrogen and oxygen atoms in total. The van der Waals surface area contributed by atoms with Gasteiger partial charge >= 0.3 is 5.97 Å². The summed E-state index contributed by atoms with van der Waals surface area (Å²) in [6.07, 6.45) is 5.52. The van der Waals surface area contributed by atoms with E-state index in [0.717, 1.165) is 25.7 Å². The summed E-state index contributed by atoms with van der Waals surface area (Å²) in [5, 5.41) is 5.83. The SMILES string of the molecule is CCOC(=O)CNc1c(NC2CCCCC2)c(=O)c1=O. The van der Waals surface area contributed by atoms with Gasteiger partial charge in [-0.25, -0.2) is 0 Å². The summed E-state index contributed by atoms with van der Waals surface area (Å²) < 4.78 is 4.77. The Labute approximate surface area is 117 Å². The van der Waals surface area contributed by atoms with Crippen LogP contribution in [0.1, 0.15) is 39.0 Å². The van der Waals surface area contributed by atoms with Crippen LogP contribution in [0.15, 0.2) is 9.59 Å². The van der Waals surface area contributed by atoms with E-state index in [1.807, 2.05) is 0 Å². The lowest BCUT2D eigenvalue weighted by atomic mass is 9.95. The molecule has 1 aliphatic carbocycles. The third-order valence-electron chi connectivity index (χ3n) is 3.58. The minimum Gasteiger partial charge on any atom is -0.465 e. The quantitative estimate of drug-likeness (QED) is 0.597. The Morgan fingerprint density at radius 1 is 1.15 bits per heavy atom. The van der Waals surface area contributed by atoms with Crippen molar-refractivity contribution >= 4 is 17.3 Å². The highest BCUT2D eigenvalue weighted by Crippen LogP contribution is 2.23. The van der Waals surface area contributed by atoms with E-state index in [-0.39, 0.29) is 18.3 Å². The molecule has 1 aromatic carbocycles. The molecule has 0 atom stereocenters. The number of nitrogens with one attached hydrogen (secondary N) is 2. The van der Waals surface area contributed by atoms with Crippen LogP contribution in [-0.2, 0) is 9.53 Å². The molecule has 0 aliphatic heterocycles. The lowest BCUT2D eigenvalue weighted by Gasteiger charge is -2.25. The second kappa shape index (κ2) is 6.54. The van der Waals surface area contributed by atoms with Crippen molar-refractivity contribution < 1.29 is 9.53 Å². The van der Waals surface area contributed by atoms with E-state index < -0.39 is 16.8 Å². The highest BCUT2D eigenvalue weighted by molar-refractivity contribution is 5.80. The Balaban J connectivity index is 1.96. The Morgan fingerprint density at radius 3 is 2.45 bits per heavy atom. The van der Waals surface area contributed by atoms with Crippen LogP contribution in [0, 0.1) is 0 Å². The van der Waals surface area contributed by atoms with Gasteiger partial charge in [0.05, 0.1) is 6.61 Å². The number of hydrogen-bond donors (Lipinski definition) is 2. The minimum absolute atomic E-state index is 0.0992. The molecular weight excluding hydrogens is 260 g/mol. The first-order valence-corrected chi connectivity index (χ1v) is 7.12. The minimum atomic E-state index is -0.562. The zero-order valence-electron chi connectivity index (χ0n) is 11.7. The Morgan fingerprint density at radius 2 is 1.80 bits per heavy atom. The molecule has 6 heteroatoms. The van der Waals surface area contributed by atoms with Gasteiger partial charge in [0, 0.05) is 6.04 Å². The van der Waals surface area contributed by atoms with Crippen LogP contribution >= 0.6 is 0 Å². The van der Waals surface area contributed by atoms with Crippen LogP contribution in [0.3, 0.4) is 0 Å². The molecule has 20 heavy (non-hydrogen) atoms. The van der Waals surface area contributed by atoms with Gasteiger partial charge < -0.3 is 15.4 Å². The van der Waals surface area contributed by atoms with Crippen LogP contribution in [0.5, 0.6) is 0 Å². The number of anilines is 2. The molecule has 0 saturated heterocycles. The van der Waals surface area contributed by atoms with Gasteiger partial charge in [-0.05, 0) is 19.8 Å². The van der Waals surface area contributed by atoms with Crippen molar-refractivity contribution in [2.24, 2.45) is 0 Å². The number of carbonyl (C=O) groups is 1. The Kier molecular flexibility index (Phi) is 4.76. The average Bonchev–Trinajstić information content (AvgIpc) is 2.47. The van der Waals surface area contributed by atoms with Gasteiger partial charge in [0.2, 0.25) is 0 Å². The maximum atomic E-state index is 11.6. The molecule has 0 radical (unpaired) electrons. The summed E-state index contributed by atoms with van der Waals surface area (Å²) in [6.45, 7) is 1.91. The molecule has 110 valence electrons. The predicted octanol–water partition coefficient (Wildman–Crippen LogP) is 1.00. The van der Waals surface area contributed by atoms with Crippen molar-refractivity contribution in [3.05, 3.63) is 20.4 Å². The van der Waals surface area contributed by atoms with Crippen LogP contribution in [0.2, 0.25) is 0 Å². The molecule has 0 amide bonds. The lowest BCUT2D eigenvalue weighted by Crippen LogP contribution is -2.40. The van der Waals surface area contributed by atoms with E-state index in [1.165, 1.54) is 6.42 Å². The first-order chi connectivity index (χ1) is 9.63. The molecule has 1 aliphatic rings. The third kappa shape index (κ3) is 3.18. The van der Waals surface area contributed by atoms with Gasteiger partial charge in [0.15, 0.2) is 0 Å². The number of ether oxygens (including phenoxy) is 1. The maximum absolute atomic E-state index is 11.6. The van der Waals surface area contributed by atoms with Gasteiger partial charge in [0.25, 0.3) is 10.9 Å². The summed E-state index contributed by atoms with van der Waals surface area (Å²) >= 11 is 0. The summed E-state index contributed by atoms with van der Waals surface area (Å²) in [7, 11) is 0. The van der Waals surface area contributed by atoms with Crippen molar-refractivity contribution in [3.8, 4) is 0 Å². The summed E-state index contributed by atoms with van der Waals surface area (Å²) in [5.41, 5.74) is -0.519. The Bertz CT molecular complexity index is 540. The zero-order chi connectivity index (χ0) is 14.5. The predicted molar refractivity (Wildman–Crippen MR) is 77.0 cm³/mol. The highest BCUT2D eigenvalue weighted by Gasteiger charge is 2.24. The molecule has 0 heterocycles. The molecule has 1 aromatic rings. The van der Waals surface area contributed by atoms with E-state index in [2.05, 4.69) is 10.6 Å². The Hall–Kier alpha value is -1.85. The number of hydrogen-bond acceptors (Lipinski definition) is 6. The molecule has 0 bridgehead atoms. The van der Waals surface area contributed by atoms with Crippen LogP contribution < -0.4 is 21.5 Å². The smallest absolute Gasteiger partial charge is 0.325 e. The van der Waals surface area contributed by atoms with Crippen LogP contribution in [0.25, 0.3) is 0 Å². The van der Waals surface area contributed by atoms with Crippen LogP contribution in [-0.4, -0.2) is 25.2 Å². The standard InChI is InChI=1S/C14H20N2O4/c1-2-20-10(17)8-15-11-12(14(19)13(11)18)16-9-6-4-3-5-7-9/h9,15-16H,2-8H2,1H3. The van der Waals surface area contributed by atoms with Crippen molar-refractivity contribution in [1.82, 2.24) is 0 Å². The summed E-state index contributed by atoms with van der Waals surface area (Å²) in [5.74, 6) is -0.441. The second-order valence-corrected chi connectivity index (χ2v) is 5.05. The van der Waals surface area contributed by atoms with Crippen molar-refractivity contribution in [2.45, 2.75) is 45.1 Å². The van der Waals surface area contributed by atoms with E-state index >= 15 is 0 Å².